The van der Waals surface area contributed by atoms with Gasteiger partial charge >= 0.3 is 0 Å². The Hall–Kier alpha value is -1.59. The molecule has 120 valence electrons. The van der Waals surface area contributed by atoms with Gasteiger partial charge in [0.15, 0.2) is 0 Å². The number of rotatable bonds is 7. The predicted molar refractivity (Wildman–Crippen MR) is 89.2 cm³/mol. The molecule has 0 saturated carbocycles. The van der Waals surface area contributed by atoms with Crippen LogP contribution in [0.1, 0.15) is 38.2 Å². The number of benzene rings is 2. The van der Waals surface area contributed by atoms with Gasteiger partial charge in [0.2, 0.25) is 0 Å². The summed E-state index contributed by atoms with van der Waals surface area (Å²) in [5, 5.41) is 2.27. The first-order valence-corrected chi connectivity index (χ1v) is 9.11. The summed E-state index contributed by atoms with van der Waals surface area (Å²) in [5.74, 6) is 0.971. The molecule has 0 spiro atoms. The summed E-state index contributed by atoms with van der Waals surface area (Å²) in [4.78, 5) is 0. The Morgan fingerprint density at radius 3 is 2.50 bits per heavy atom. The van der Waals surface area contributed by atoms with Crippen molar-refractivity contribution in [2.45, 2.75) is 32.6 Å². The summed E-state index contributed by atoms with van der Waals surface area (Å²) < 4.78 is 35.5. The maximum atomic E-state index is 10.6. The van der Waals surface area contributed by atoms with E-state index in [1.165, 1.54) is 10.9 Å². The number of hydrogen-bond acceptors (Lipinski definition) is 3. The second-order valence-corrected chi connectivity index (χ2v) is 7.14. The Bertz CT molecular complexity index is 737. The molecule has 2 rings (SSSR count). The highest BCUT2D eigenvalue weighted by molar-refractivity contribution is 7.85. The van der Waals surface area contributed by atoms with Crippen molar-refractivity contribution in [2.75, 3.05) is 12.4 Å². The number of fused-ring (bicyclic) bond motifs is 1. The molecule has 1 atom stereocenters. The van der Waals surface area contributed by atoms with Crippen LogP contribution in [-0.2, 0) is 10.1 Å². The molecule has 0 aromatic heterocycles. The van der Waals surface area contributed by atoms with Gasteiger partial charge < -0.3 is 4.74 Å². The Morgan fingerprint density at radius 1 is 1.14 bits per heavy atom. The van der Waals surface area contributed by atoms with Crippen molar-refractivity contribution in [1.29, 1.82) is 0 Å². The minimum absolute atomic E-state index is 0.260. The molecule has 1 N–H and O–H groups in total. The Labute approximate surface area is 131 Å². The minimum Gasteiger partial charge on any atom is -0.494 e. The van der Waals surface area contributed by atoms with Crippen LogP contribution in [0, 0.1) is 0 Å². The molecule has 0 amide bonds. The van der Waals surface area contributed by atoms with E-state index in [1.54, 1.807) is 0 Å². The van der Waals surface area contributed by atoms with Crippen LogP contribution in [0.25, 0.3) is 10.8 Å². The smallest absolute Gasteiger partial charge is 0.264 e. The Balaban J connectivity index is 2.04. The topological polar surface area (TPSA) is 63.6 Å². The van der Waals surface area contributed by atoms with Gasteiger partial charge in [0.25, 0.3) is 10.1 Å². The van der Waals surface area contributed by atoms with Gasteiger partial charge in [-0.25, -0.2) is 0 Å². The van der Waals surface area contributed by atoms with Gasteiger partial charge in [-0.05, 0) is 47.2 Å². The molecule has 0 aliphatic carbocycles. The summed E-state index contributed by atoms with van der Waals surface area (Å²) in [5.41, 5.74) is 1.33. The van der Waals surface area contributed by atoms with E-state index in [0.717, 1.165) is 11.8 Å². The van der Waals surface area contributed by atoms with Crippen LogP contribution in [0.2, 0.25) is 0 Å². The molecule has 5 heteroatoms. The van der Waals surface area contributed by atoms with E-state index in [-0.39, 0.29) is 18.8 Å². The molecular weight excluding hydrogens is 300 g/mol. The maximum absolute atomic E-state index is 10.6. The monoisotopic (exact) mass is 322 g/mol. The average molecular weight is 322 g/mol. The molecule has 4 nitrogen and oxygen atoms in total. The third kappa shape index (κ3) is 4.71. The van der Waals surface area contributed by atoms with Crippen LogP contribution in [0.3, 0.4) is 0 Å². The average Bonchev–Trinajstić information content (AvgIpc) is 2.49. The van der Waals surface area contributed by atoms with Gasteiger partial charge in [-0.15, -0.1) is 0 Å². The Kier molecular flexibility index (Phi) is 5.42. The summed E-state index contributed by atoms with van der Waals surface area (Å²) in [6.45, 7) is 4.66. The molecule has 0 radical (unpaired) electrons. The van der Waals surface area contributed by atoms with Crippen molar-refractivity contribution < 1.29 is 17.7 Å². The molecule has 0 aliphatic heterocycles. The van der Waals surface area contributed by atoms with E-state index in [2.05, 4.69) is 32.0 Å². The van der Waals surface area contributed by atoms with Gasteiger partial charge in [-0.2, -0.15) is 8.42 Å². The molecule has 2 aromatic rings. The fraction of sp³-hybridized carbons (Fsp3) is 0.412. The maximum Gasteiger partial charge on any atom is 0.264 e. The molecule has 0 bridgehead atoms. The summed E-state index contributed by atoms with van der Waals surface area (Å²) in [6.07, 6.45) is 1.38. The zero-order valence-corrected chi connectivity index (χ0v) is 13.8. The van der Waals surface area contributed by atoms with Gasteiger partial charge in [0.05, 0.1) is 12.4 Å². The van der Waals surface area contributed by atoms with Crippen LogP contribution in [-0.4, -0.2) is 25.3 Å². The third-order valence-electron chi connectivity index (χ3n) is 3.83. The third-order valence-corrected chi connectivity index (χ3v) is 4.64. The fourth-order valence-corrected chi connectivity index (χ4v) is 2.79. The van der Waals surface area contributed by atoms with Crippen molar-refractivity contribution >= 4 is 20.9 Å². The van der Waals surface area contributed by atoms with Crippen molar-refractivity contribution in [1.82, 2.24) is 0 Å². The van der Waals surface area contributed by atoms with Crippen molar-refractivity contribution in [2.24, 2.45) is 0 Å². The summed E-state index contributed by atoms with van der Waals surface area (Å²) >= 11 is 0. The van der Waals surface area contributed by atoms with Gasteiger partial charge in [0, 0.05) is 0 Å². The SMILES string of the molecule is CCC(C)c1ccc2cc(OCCCS(=O)(=O)O)ccc2c1. The standard InChI is InChI=1S/C17H22O4S/c1-3-13(2)14-5-6-16-12-17(8-7-15(16)11-14)21-9-4-10-22(18,19)20/h5-8,11-13H,3-4,9-10H2,1-2H3,(H,18,19,20). The quantitative estimate of drug-likeness (QED) is 0.618. The lowest BCUT2D eigenvalue weighted by molar-refractivity contribution is 0.316. The Morgan fingerprint density at radius 2 is 1.82 bits per heavy atom. The lowest BCUT2D eigenvalue weighted by Gasteiger charge is -2.11. The van der Waals surface area contributed by atoms with E-state index >= 15 is 0 Å². The molecule has 0 aliphatic rings. The van der Waals surface area contributed by atoms with Gasteiger partial charge in [-0.1, -0.05) is 38.1 Å². The largest absolute Gasteiger partial charge is 0.494 e. The normalized spacial score (nSPS) is 13.2. The summed E-state index contributed by atoms with van der Waals surface area (Å²) in [6, 6.07) is 12.3. The molecule has 0 fully saturated rings. The van der Waals surface area contributed by atoms with Crippen molar-refractivity contribution in [3.05, 3.63) is 42.0 Å². The second-order valence-electron chi connectivity index (χ2n) is 5.57. The molecule has 1 unspecified atom stereocenters. The first-order valence-electron chi connectivity index (χ1n) is 7.50. The lowest BCUT2D eigenvalue weighted by atomic mass is 9.96. The van der Waals surface area contributed by atoms with Gasteiger partial charge in [0.1, 0.15) is 5.75 Å². The van der Waals surface area contributed by atoms with Crippen LogP contribution in [0.4, 0.5) is 0 Å². The fourth-order valence-electron chi connectivity index (χ4n) is 2.31. The van der Waals surface area contributed by atoms with Crippen LogP contribution < -0.4 is 4.74 Å². The van der Waals surface area contributed by atoms with E-state index in [1.807, 2.05) is 18.2 Å². The van der Waals surface area contributed by atoms with Crippen molar-refractivity contribution in [3.63, 3.8) is 0 Å². The molecular formula is C17H22O4S. The molecule has 22 heavy (non-hydrogen) atoms. The zero-order chi connectivity index (χ0) is 16.2. The van der Waals surface area contributed by atoms with Gasteiger partial charge in [-0.3, -0.25) is 4.55 Å². The zero-order valence-electron chi connectivity index (χ0n) is 13.0. The van der Waals surface area contributed by atoms with Crippen LogP contribution in [0.15, 0.2) is 36.4 Å². The summed E-state index contributed by atoms with van der Waals surface area (Å²) in [7, 11) is -3.91. The minimum atomic E-state index is -3.91. The van der Waals surface area contributed by atoms with E-state index in [0.29, 0.717) is 11.7 Å². The highest BCUT2D eigenvalue weighted by atomic mass is 32.2. The second kappa shape index (κ2) is 7.11. The lowest BCUT2D eigenvalue weighted by Crippen LogP contribution is -2.08. The van der Waals surface area contributed by atoms with E-state index < -0.39 is 10.1 Å². The number of hydrogen-bond donors (Lipinski definition) is 1. The van der Waals surface area contributed by atoms with E-state index in [9.17, 15) is 8.42 Å². The molecule has 0 saturated heterocycles. The highest BCUT2D eigenvalue weighted by Crippen LogP contribution is 2.26. The number of ether oxygens (including phenoxy) is 1. The predicted octanol–water partition coefficient (Wildman–Crippen LogP) is 4.01. The van der Waals surface area contributed by atoms with Crippen LogP contribution >= 0.6 is 0 Å². The first-order chi connectivity index (χ1) is 10.4. The first kappa shape index (κ1) is 16.8. The van der Waals surface area contributed by atoms with Crippen LogP contribution in [0.5, 0.6) is 5.75 Å². The highest BCUT2D eigenvalue weighted by Gasteiger charge is 2.06. The van der Waals surface area contributed by atoms with Crippen molar-refractivity contribution in [3.8, 4) is 5.75 Å². The molecule has 0 heterocycles. The molecule has 2 aromatic carbocycles. The van der Waals surface area contributed by atoms with E-state index in [4.69, 9.17) is 9.29 Å².